The lowest BCUT2D eigenvalue weighted by molar-refractivity contribution is 0.121. The maximum atomic E-state index is 8.70. The first-order valence-corrected chi connectivity index (χ1v) is 7.46. The summed E-state index contributed by atoms with van der Waals surface area (Å²) in [6.07, 6.45) is 0. The molecular weight excluding hydrogens is 262 g/mol. The van der Waals surface area contributed by atoms with Crippen LogP contribution in [0.4, 0.5) is 5.95 Å². The molecule has 0 saturated carbocycles. The number of ether oxygens (including phenoxy) is 1. The zero-order chi connectivity index (χ0) is 13.7. The van der Waals surface area contributed by atoms with Crippen LogP contribution in [-0.4, -0.2) is 46.8 Å². The largest absolute Gasteiger partial charge is 0.378 e. The van der Waals surface area contributed by atoms with Crippen LogP contribution < -0.4 is 4.90 Å². The molecule has 1 aromatic heterocycles. The van der Waals surface area contributed by atoms with E-state index < -0.39 is 0 Å². The van der Waals surface area contributed by atoms with Crippen molar-refractivity contribution in [3.8, 4) is 6.07 Å². The smallest absolute Gasteiger partial charge is 0.228 e. The van der Waals surface area contributed by atoms with E-state index in [9.17, 15) is 0 Å². The van der Waals surface area contributed by atoms with Crippen molar-refractivity contribution in [3.05, 3.63) is 0 Å². The highest BCUT2D eigenvalue weighted by atomic mass is 32.2. The van der Waals surface area contributed by atoms with Crippen molar-refractivity contribution in [3.63, 3.8) is 0 Å². The molecule has 1 aromatic rings. The van der Waals surface area contributed by atoms with Crippen LogP contribution in [0.5, 0.6) is 0 Å². The maximum absolute atomic E-state index is 8.70. The Morgan fingerprint density at radius 3 is 2.74 bits per heavy atom. The molecule has 1 aliphatic heterocycles. The van der Waals surface area contributed by atoms with Gasteiger partial charge >= 0.3 is 0 Å². The van der Waals surface area contributed by atoms with Gasteiger partial charge in [0.15, 0.2) is 5.16 Å². The fraction of sp³-hybridized carbons (Fsp3) is 0.750. The van der Waals surface area contributed by atoms with Crippen molar-refractivity contribution in [2.24, 2.45) is 5.92 Å². The third-order valence-corrected chi connectivity index (χ3v) is 3.64. The number of hydrogen-bond donors (Lipinski definition) is 0. The number of morpholine rings is 1. The molecule has 0 radical (unpaired) electrons. The van der Waals surface area contributed by atoms with Gasteiger partial charge in [-0.25, -0.2) is 0 Å². The molecule has 0 N–H and O–H groups in total. The summed E-state index contributed by atoms with van der Waals surface area (Å²) in [6, 6.07) is 2.13. The molecule has 2 rings (SSSR count). The Balaban J connectivity index is 2.20. The average Bonchev–Trinajstić information content (AvgIpc) is 2.79. The summed E-state index contributed by atoms with van der Waals surface area (Å²) >= 11 is 1.44. The lowest BCUT2D eigenvalue weighted by Gasteiger charge is -2.28. The topological polar surface area (TPSA) is 67.0 Å². The molecule has 104 valence electrons. The van der Waals surface area contributed by atoms with Crippen molar-refractivity contribution in [1.29, 1.82) is 5.26 Å². The quantitative estimate of drug-likeness (QED) is 0.760. The van der Waals surface area contributed by atoms with Crippen molar-refractivity contribution >= 4 is 17.7 Å². The van der Waals surface area contributed by atoms with Crippen LogP contribution in [0, 0.1) is 17.2 Å². The molecule has 0 aliphatic carbocycles. The van der Waals surface area contributed by atoms with Crippen molar-refractivity contribution in [2.45, 2.75) is 25.5 Å². The predicted octanol–water partition coefficient (Wildman–Crippen LogP) is 1.39. The van der Waals surface area contributed by atoms with Gasteiger partial charge in [0.1, 0.15) is 0 Å². The highest BCUT2D eigenvalue weighted by Gasteiger charge is 2.20. The normalized spacial score (nSPS) is 15.8. The zero-order valence-corrected chi connectivity index (χ0v) is 12.2. The maximum Gasteiger partial charge on any atom is 0.228 e. The van der Waals surface area contributed by atoms with E-state index in [0.29, 0.717) is 11.7 Å². The van der Waals surface area contributed by atoms with E-state index in [-0.39, 0.29) is 0 Å². The first kappa shape index (κ1) is 14.2. The molecule has 0 atom stereocenters. The van der Waals surface area contributed by atoms with Gasteiger partial charge in [-0.3, -0.25) is 4.57 Å². The third kappa shape index (κ3) is 3.61. The van der Waals surface area contributed by atoms with Gasteiger partial charge < -0.3 is 9.64 Å². The van der Waals surface area contributed by atoms with Crippen LogP contribution in [0.1, 0.15) is 13.8 Å². The van der Waals surface area contributed by atoms with Gasteiger partial charge in [0.25, 0.3) is 0 Å². The molecule has 0 aromatic carbocycles. The van der Waals surface area contributed by atoms with E-state index in [2.05, 4.69) is 39.6 Å². The minimum atomic E-state index is 0.402. The molecular formula is C12H19N5OS. The third-order valence-electron chi connectivity index (χ3n) is 2.80. The van der Waals surface area contributed by atoms with Gasteiger partial charge in [0.2, 0.25) is 5.95 Å². The minimum Gasteiger partial charge on any atom is -0.378 e. The van der Waals surface area contributed by atoms with Crippen LogP contribution in [0.3, 0.4) is 0 Å². The van der Waals surface area contributed by atoms with Crippen LogP contribution in [0.2, 0.25) is 0 Å². The van der Waals surface area contributed by atoms with Crippen molar-refractivity contribution in [2.75, 3.05) is 37.0 Å². The monoisotopic (exact) mass is 281 g/mol. The van der Waals surface area contributed by atoms with Crippen molar-refractivity contribution in [1.82, 2.24) is 14.8 Å². The summed E-state index contributed by atoms with van der Waals surface area (Å²) in [5.41, 5.74) is 0. The Kier molecular flexibility index (Phi) is 5.05. The second-order valence-corrected chi connectivity index (χ2v) is 5.78. The summed E-state index contributed by atoms with van der Waals surface area (Å²) in [6.45, 7) is 8.36. The Bertz CT molecular complexity index is 447. The van der Waals surface area contributed by atoms with Crippen LogP contribution >= 0.6 is 11.8 Å². The van der Waals surface area contributed by atoms with Gasteiger partial charge in [0.05, 0.1) is 25.0 Å². The molecule has 1 saturated heterocycles. The fourth-order valence-electron chi connectivity index (χ4n) is 2.01. The Labute approximate surface area is 117 Å². The molecule has 1 fully saturated rings. The Morgan fingerprint density at radius 1 is 1.37 bits per heavy atom. The number of nitriles is 1. The van der Waals surface area contributed by atoms with E-state index in [4.69, 9.17) is 10.00 Å². The number of anilines is 1. The predicted molar refractivity (Wildman–Crippen MR) is 74.2 cm³/mol. The number of aromatic nitrogens is 3. The Hall–Kier alpha value is -1.26. The standard InChI is InChI=1S/C12H19N5OS/c1-10(2)9-17-11(16-4-6-18-7-5-16)14-15-12(17)19-8-3-13/h10H,4-9H2,1-2H3. The van der Waals surface area contributed by atoms with E-state index >= 15 is 0 Å². The lowest BCUT2D eigenvalue weighted by Crippen LogP contribution is -2.38. The molecule has 0 spiro atoms. The van der Waals surface area contributed by atoms with Gasteiger partial charge in [-0.05, 0) is 5.92 Å². The highest BCUT2D eigenvalue weighted by Crippen LogP contribution is 2.23. The number of hydrogen-bond acceptors (Lipinski definition) is 6. The number of rotatable bonds is 5. The molecule has 6 nitrogen and oxygen atoms in total. The average molecular weight is 281 g/mol. The molecule has 0 unspecified atom stereocenters. The summed E-state index contributed by atoms with van der Waals surface area (Å²) in [4.78, 5) is 2.20. The molecule has 1 aliphatic rings. The minimum absolute atomic E-state index is 0.402. The molecule has 0 bridgehead atoms. The van der Waals surface area contributed by atoms with E-state index in [0.717, 1.165) is 44.0 Å². The summed E-state index contributed by atoms with van der Waals surface area (Å²) in [5, 5.41) is 18.1. The van der Waals surface area contributed by atoms with E-state index in [1.807, 2.05) is 0 Å². The molecule has 0 amide bonds. The summed E-state index contributed by atoms with van der Waals surface area (Å²) in [7, 11) is 0. The van der Waals surface area contributed by atoms with Gasteiger partial charge in [-0.1, -0.05) is 25.6 Å². The van der Waals surface area contributed by atoms with Crippen molar-refractivity contribution < 1.29 is 4.74 Å². The Morgan fingerprint density at radius 2 is 2.11 bits per heavy atom. The molecule has 2 heterocycles. The molecule has 7 heteroatoms. The van der Waals surface area contributed by atoms with Gasteiger partial charge in [-0.2, -0.15) is 5.26 Å². The summed E-state index contributed by atoms with van der Waals surface area (Å²) < 4.78 is 7.49. The number of nitrogens with zero attached hydrogens (tertiary/aromatic N) is 5. The molecule has 19 heavy (non-hydrogen) atoms. The van der Waals surface area contributed by atoms with Gasteiger partial charge in [-0.15, -0.1) is 10.2 Å². The van der Waals surface area contributed by atoms with Crippen LogP contribution in [0.15, 0.2) is 5.16 Å². The van der Waals surface area contributed by atoms with Crippen LogP contribution in [-0.2, 0) is 11.3 Å². The fourth-order valence-corrected chi connectivity index (χ4v) is 2.61. The summed E-state index contributed by atoms with van der Waals surface area (Å²) in [5.74, 6) is 1.81. The lowest BCUT2D eigenvalue weighted by atomic mass is 10.2. The first-order valence-electron chi connectivity index (χ1n) is 6.48. The van der Waals surface area contributed by atoms with Gasteiger partial charge in [0, 0.05) is 19.6 Å². The van der Waals surface area contributed by atoms with Crippen LogP contribution in [0.25, 0.3) is 0 Å². The second kappa shape index (κ2) is 6.78. The van der Waals surface area contributed by atoms with E-state index in [1.54, 1.807) is 0 Å². The first-order chi connectivity index (χ1) is 9.22. The SMILES string of the molecule is CC(C)Cn1c(SCC#N)nnc1N1CCOCC1. The highest BCUT2D eigenvalue weighted by molar-refractivity contribution is 7.99. The zero-order valence-electron chi connectivity index (χ0n) is 11.4. The van der Waals surface area contributed by atoms with E-state index in [1.165, 1.54) is 11.8 Å². The second-order valence-electron chi connectivity index (χ2n) is 4.83. The number of thioether (sulfide) groups is 1.